The number of terminal acetylenes is 1. The third-order valence-corrected chi connectivity index (χ3v) is 3.96. The SMILES string of the molecule is C#CCOc1ccc(Cl)cc1[C@H]1C(C#N)=C(N)Oc2n[nH]c(C)c21. The molecule has 0 bridgehead atoms. The number of benzene rings is 1. The minimum atomic E-state index is -0.510. The smallest absolute Gasteiger partial charge is 0.244 e. The van der Waals surface area contributed by atoms with E-state index in [1.165, 1.54) is 0 Å². The van der Waals surface area contributed by atoms with Gasteiger partial charge in [0.05, 0.1) is 5.92 Å². The number of hydrogen-bond acceptors (Lipinski definition) is 5. The van der Waals surface area contributed by atoms with Crippen LogP contribution in [-0.4, -0.2) is 16.8 Å². The number of nitriles is 1. The average molecular weight is 341 g/mol. The van der Waals surface area contributed by atoms with Crippen LogP contribution in [0.15, 0.2) is 29.7 Å². The lowest BCUT2D eigenvalue weighted by molar-refractivity contribution is 0.359. The zero-order chi connectivity index (χ0) is 17.3. The van der Waals surface area contributed by atoms with Crippen LogP contribution in [-0.2, 0) is 0 Å². The number of rotatable bonds is 3. The minimum absolute atomic E-state index is 0.00405. The van der Waals surface area contributed by atoms with Crippen LogP contribution in [0, 0.1) is 30.6 Å². The Balaban J connectivity index is 2.24. The second-order valence-corrected chi connectivity index (χ2v) is 5.60. The molecular formula is C17H13ClN4O2. The van der Waals surface area contributed by atoms with E-state index >= 15 is 0 Å². The molecule has 2 aromatic rings. The molecule has 120 valence electrons. The van der Waals surface area contributed by atoms with Crippen molar-refractivity contribution in [3.63, 3.8) is 0 Å². The number of ether oxygens (including phenoxy) is 2. The highest BCUT2D eigenvalue weighted by atomic mass is 35.5. The Bertz CT molecular complexity index is 918. The largest absolute Gasteiger partial charge is 0.481 e. The Kier molecular flexibility index (Phi) is 4.07. The number of fused-ring (bicyclic) bond motifs is 1. The highest BCUT2D eigenvalue weighted by molar-refractivity contribution is 6.30. The molecule has 3 rings (SSSR count). The third kappa shape index (κ3) is 2.54. The summed E-state index contributed by atoms with van der Waals surface area (Å²) >= 11 is 6.16. The van der Waals surface area contributed by atoms with Gasteiger partial charge in [0.1, 0.15) is 24.0 Å². The summed E-state index contributed by atoms with van der Waals surface area (Å²) in [5.41, 5.74) is 8.32. The Hall–Kier alpha value is -3.09. The maximum absolute atomic E-state index is 9.58. The van der Waals surface area contributed by atoms with Crippen molar-refractivity contribution in [1.29, 1.82) is 5.26 Å². The van der Waals surface area contributed by atoms with Gasteiger partial charge in [0.2, 0.25) is 11.8 Å². The van der Waals surface area contributed by atoms with Gasteiger partial charge in [-0.25, -0.2) is 0 Å². The number of aryl methyl sites for hydroxylation is 1. The fourth-order valence-corrected chi connectivity index (χ4v) is 2.89. The minimum Gasteiger partial charge on any atom is -0.481 e. The molecule has 1 aliphatic heterocycles. The summed E-state index contributed by atoms with van der Waals surface area (Å²) in [6.07, 6.45) is 5.28. The topological polar surface area (TPSA) is 96.9 Å². The van der Waals surface area contributed by atoms with Gasteiger partial charge in [-0.3, -0.25) is 5.10 Å². The predicted octanol–water partition coefficient (Wildman–Crippen LogP) is 2.60. The van der Waals surface area contributed by atoms with Crippen molar-refractivity contribution in [1.82, 2.24) is 10.2 Å². The second kappa shape index (κ2) is 6.19. The zero-order valence-electron chi connectivity index (χ0n) is 12.8. The average Bonchev–Trinajstić information content (AvgIpc) is 2.93. The summed E-state index contributed by atoms with van der Waals surface area (Å²) in [7, 11) is 0. The number of nitrogens with one attached hydrogen (secondary N) is 1. The van der Waals surface area contributed by atoms with Crippen LogP contribution in [0.4, 0.5) is 0 Å². The molecule has 1 aliphatic rings. The molecule has 0 fully saturated rings. The van der Waals surface area contributed by atoms with E-state index in [4.69, 9.17) is 33.2 Å². The Labute approximate surface area is 143 Å². The van der Waals surface area contributed by atoms with Crippen molar-refractivity contribution >= 4 is 11.6 Å². The molecule has 0 saturated carbocycles. The van der Waals surface area contributed by atoms with Crippen LogP contribution in [0.25, 0.3) is 0 Å². The monoisotopic (exact) mass is 340 g/mol. The first-order chi connectivity index (χ1) is 11.6. The summed E-state index contributed by atoms with van der Waals surface area (Å²) < 4.78 is 11.1. The Morgan fingerprint density at radius 2 is 2.33 bits per heavy atom. The molecule has 0 amide bonds. The summed E-state index contributed by atoms with van der Waals surface area (Å²) in [6, 6.07) is 7.24. The molecule has 7 heteroatoms. The van der Waals surface area contributed by atoms with Gasteiger partial charge in [0.15, 0.2) is 0 Å². The Morgan fingerprint density at radius 1 is 1.54 bits per heavy atom. The maximum atomic E-state index is 9.58. The maximum Gasteiger partial charge on any atom is 0.244 e. The number of aromatic amines is 1. The van der Waals surface area contributed by atoms with Gasteiger partial charge in [-0.05, 0) is 25.1 Å². The molecular weight excluding hydrogens is 328 g/mol. The van der Waals surface area contributed by atoms with Gasteiger partial charge < -0.3 is 15.2 Å². The lowest BCUT2D eigenvalue weighted by Crippen LogP contribution is -2.21. The number of halogens is 1. The lowest BCUT2D eigenvalue weighted by atomic mass is 9.83. The van der Waals surface area contributed by atoms with Crippen LogP contribution < -0.4 is 15.2 Å². The van der Waals surface area contributed by atoms with E-state index in [0.717, 1.165) is 5.69 Å². The van der Waals surface area contributed by atoms with Gasteiger partial charge in [0, 0.05) is 21.8 Å². The van der Waals surface area contributed by atoms with Crippen LogP contribution in [0.5, 0.6) is 11.6 Å². The van der Waals surface area contributed by atoms with Crippen molar-refractivity contribution in [2.45, 2.75) is 12.8 Å². The van der Waals surface area contributed by atoms with E-state index in [-0.39, 0.29) is 18.1 Å². The third-order valence-electron chi connectivity index (χ3n) is 3.72. The van der Waals surface area contributed by atoms with Crippen molar-refractivity contribution in [2.75, 3.05) is 6.61 Å². The fraction of sp³-hybridized carbons (Fsp3) is 0.176. The quantitative estimate of drug-likeness (QED) is 0.837. The highest BCUT2D eigenvalue weighted by Crippen LogP contribution is 2.45. The van der Waals surface area contributed by atoms with Crippen molar-refractivity contribution in [3.8, 4) is 30.0 Å². The molecule has 0 aliphatic carbocycles. The number of nitrogens with two attached hydrogens (primary N) is 1. The van der Waals surface area contributed by atoms with Crippen molar-refractivity contribution in [2.24, 2.45) is 5.73 Å². The van der Waals surface area contributed by atoms with E-state index in [0.29, 0.717) is 27.8 Å². The van der Waals surface area contributed by atoms with E-state index in [9.17, 15) is 5.26 Å². The second-order valence-electron chi connectivity index (χ2n) is 5.17. The summed E-state index contributed by atoms with van der Waals surface area (Å²) in [5, 5.41) is 17.0. The van der Waals surface area contributed by atoms with Gasteiger partial charge in [-0.2, -0.15) is 5.26 Å². The van der Waals surface area contributed by atoms with E-state index < -0.39 is 5.92 Å². The molecule has 0 spiro atoms. The van der Waals surface area contributed by atoms with Gasteiger partial charge in [-0.1, -0.05) is 17.5 Å². The lowest BCUT2D eigenvalue weighted by Gasteiger charge is -2.25. The number of nitrogens with zero attached hydrogens (tertiary/aromatic N) is 2. The molecule has 1 aromatic carbocycles. The molecule has 1 atom stereocenters. The van der Waals surface area contributed by atoms with E-state index in [1.807, 2.05) is 6.92 Å². The Morgan fingerprint density at radius 3 is 3.04 bits per heavy atom. The van der Waals surface area contributed by atoms with Crippen LogP contribution in [0.2, 0.25) is 5.02 Å². The normalized spacial score (nSPS) is 15.9. The van der Waals surface area contributed by atoms with Crippen LogP contribution in [0.3, 0.4) is 0 Å². The molecule has 0 unspecified atom stereocenters. The zero-order valence-corrected chi connectivity index (χ0v) is 13.5. The van der Waals surface area contributed by atoms with E-state index in [2.05, 4.69) is 22.2 Å². The van der Waals surface area contributed by atoms with Gasteiger partial charge in [-0.15, -0.1) is 11.5 Å². The summed E-state index contributed by atoms with van der Waals surface area (Å²) in [6.45, 7) is 1.93. The molecule has 0 radical (unpaired) electrons. The standard InChI is InChI=1S/C17H13ClN4O2/c1-3-6-23-13-5-4-10(18)7-11(13)15-12(8-19)16(20)24-17-14(15)9(2)21-22-17/h1,4-5,7,15H,6,20H2,2H3,(H,21,22)/t15-/m0/s1. The van der Waals surface area contributed by atoms with Crippen molar-refractivity contribution < 1.29 is 9.47 Å². The first kappa shape index (κ1) is 15.8. The number of hydrogen-bond donors (Lipinski definition) is 2. The summed E-state index contributed by atoms with van der Waals surface area (Å²) in [5.74, 6) is 2.77. The number of aromatic nitrogens is 2. The highest BCUT2D eigenvalue weighted by Gasteiger charge is 2.36. The molecule has 24 heavy (non-hydrogen) atoms. The number of allylic oxidation sites excluding steroid dienone is 1. The fourth-order valence-electron chi connectivity index (χ4n) is 2.71. The van der Waals surface area contributed by atoms with E-state index in [1.54, 1.807) is 18.2 Å². The van der Waals surface area contributed by atoms with Crippen LogP contribution >= 0.6 is 11.6 Å². The molecule has 1 aromatic heterocycles. The summed E-state index contributed by atoms with van der Waals surface area (Å²) in [4.78, 5) is 0. The molecule has 0 saturated heterocycles. The van der Waals surface area contributed by atoms with Gasteiger partial charge in [0.25, 0.3) is 0 Å². The molecule has 2 heterocycles. The number of H-pyrrole nitrogens is 1. The first-order valence-corrected chi connectivity index (χ1v) is 7.42. The molecule has 3 N–H and O–H groups in total. The van der Waals surface area contributed by atoms with Crippen LogP contribution in [0.1, 0.15) is 22.7 Å². The van der Waals surface area contributed by atoms with Gasteiger partial charge >= 0.3 is 0 Å². The van der Waals surface area contributed by atoms with Crippen molar-refractivity contribution in [3.05, 3.63) is 51.5 Å². The molecule has 6 nitrogen and oxygen atoms in total. The first-order valence-electron chi connectivity index (χ1n) is 7.05. The predicted molar refractivity (Wildman–Crippen MR) is 88.4 cm³/mol.